The molecule has 0 saturated heterocycles. The summed E-state index contributed by atoms with van der Waals surface area (Å²) in [6, 6.07) is 5.58. The largest absolute Gasteiger partial charge is 0.461 e. The lowest BCUT2D eigenvalue weighted by molar-refractivity contribution is -0.254. The highest BCUT2D eigenvalue weighted by molar-refractivity contribution is 8.68. The molecule has 0 bridgehead atoms. The van der Waals surface area contributed by atoms with Gasteiger partial charge in [-0.2, -0.15) is 17.6 Å². The third-order valence-corrected chi connectivity index (χ3v) is 2.57. The van der Waals surface area contributed by atoms with Crippen LogP contribution in [0, 0.1) is 0 Å². The number of alkyl halides is 4. The summed E-state index contributed by atoms with van der Waals surface area (Å²) in [7, 11) is 0.839. The van der Waals surface area contributed by atoms with Gasteiger partial charge >= 0.3 is 12.5 Å². The van der Waals surface area contributed by atoms with E-state index in [1.807, 2.05) is 0 Å². The lowest BCUT2D eigenvalue weighted by Crippen LogP contribution is -2.33. The van der Waals surface area contributed by atoms with Crippen LogP contribution in [0.3, 0.4) is 0 Å². The van der Waals surface area contributed by atoms with Crippen molar-refractivity contribution in [1.29, 1.82) is 0 Å². The molecule has 1 nitrogen and oxygen atoms in total. The van der Waals surface area contributed by atoms with Crippen molar-refractivity contribution in [2.75, 3.05) is 0 Å². The summed E-state index contributed by atoms with van der Waals surface area (Å²) in [5, 5.41) is 0. The van der Waals surface area contributed by atoms with Crippen LogP contribution in [0.4, 0.5) is 17.6 Å². The smallest absolute Gasteiger partial charge is 0.427 e. The molecule has 0 saturated carbocycles. The van der Waals surface area contributed by atoms with Gasteiger partial charge in [0.05, 0.1) is 4.90 Å². The molecule has 0 fully saturated rings. The van der Waals surface area contributed by atoms with Crippen molar-refractivity contribution in [3.05, 3.63) is 24.3 Å². The van der Waals surface area contributed by atoms with E-state index in [9.17, 15) is 17.6 Å². The van der Waals surface area contributed by atoms with Gasteiger partial charge in [0.25, 0.3) is 0 Å². The molecule has 0 aliphatic rings. The summed E-state index contributed by atoms with van der Waals surface area (Å²) in [4.78, 5) is 0.251. The maximum Gasteiger partial charge on any atom is 0.461 e. The Morgan fingerprint density at radius 2 is 1.87 bits per heavy atom. The highest BCUT2D eigenvalue weighted by Gasteiger charge is 2.44. The lowest BCUT2D eigenvalue weighted by atomic mass is 10.3. The van der Waals surface area contributed by atoms with Gasteiger partial charge in [0.1, 0.15) is 5.75 Å². The normalized spacial score (nSPS) is 11.9. The van der Waals surface area contributed by atoms with Crippen LogP contribution in [-0.2, 0) is 0 Å². The first-order chi connectivity index (χ1) is 6.97. The van der Waals surface area contributed by atoms with Crippen molar-refractivity contribution in [2.45, 2.75) is 17.4 Å². The van der Waals surface area contributed by atoms with Crippen molar-refractivity contribution in [2.24, 2.45) is 0 Å². The summed E-state index contributed by atoms with van der Waals surface area (Å²) < 4.78 is 52.7. The van der Waals surface area contributed by atoms with Crippen LogP contribution in [0.25, 0.3) is 0 Å². The predicted molar refractivity (Wildman–Crippen MR) is 52.9 cm³/mol. The Morgan fingerprint density at radius 1 is 1.27 bits per heavy atom. The number of halogens is 4. The fourth-order valence-electron chi connectivity index (χ4n) is 0.801. The van der Waals surface area contributed by atoms with Gasteiger partial charge in [0, 0.05) is 0 Å². The second-order valence-electron chi connectivity index (χ2n) is 2.50. The van der Waals surface area contributed by atoms with Gasteiger partial charge in [-0.15, -0.1) is 11.7 Å². The third kappa shape index (κ3) is 3.20. The minimum atomic E-state index is -4.49. The van der Waals surface area contributed by atoms with Crippen molar-refractivity contribution in [3.63, 3.8) is 0 Å². The molecular formula is C8H6F4OS2. The van der Waals surface area contributed by atoms with Gasteiger partial charge < -0.3 is 4.74 Å². The summed E-state index contributed by atoms with van der Waals surface area (Å²) in [5.41, 5.74) is 0. The van der Waals surface area contributed by atoms with Gasteiger partial charge in [-0.25, -0.2) is 0 Å². The fourth-order valence-corrected chi connectivity index (χ4v) is 1.59. The second-order valence-corrected chi connectivity index (χ2v) is 3.67. The molecule has 0 aromatic heterocycles. The molecule has 1 aromatic carbocycles. The molecule has 7 heteroatoms. The molecule has 0 atom stereocenters. The Labute approximate surface area is 92.6 Å². The van der Waals surface area contributed by atoms with E-state index in [0.717, 1.165) is 10.8 Å². The summed E-state index contributed by atoms with van der Waals surface area (Å²) in [6.07, 6.45) is -8.35. The van der Waals surface area contributed by atoms with Crippen molar-refractivity contribution >= 4 is 22.5 Å². The monoisotopic (exact) mass is 258 g/mol. The lowest BCUT2D eigenvalue weighted by Gasteiger charge is -2.18. The quantitative estimate of drug-likeness (QED) is 0.499. The van der Waals surface area contributed by atoms with Crippen LogP contribution < -0.4 is 4.74 Å². The van der Waals surface area contributed by atoms with Gasteiger partial charge in [-0.3, -0.25) is 0 Å². The molecule has 0 amide bonds. The minimum absolute atomic E-state index is 0.251. The van der Waals surface area contributed by atoms with Crippen LogP contribution in [-0.4, -0.2) is 12.5 Å². The average molecular weight is 258 g/mol. The maximum absolute atomic E-state index is 12.5. The molecule has 0 radical (unpaired) electrons. The van der Waals surface area contributed by atoms with Crippen LogP contribution in [0.1, 0.15) is 0 Å². The number of hydrogen-bond donors (Lipinski definition) is 1. The topological polar surface area (TPSA) is 9.23 Å². The molecule has 0 spiro atoms. The van der Waals surface area contributed by atoms with Gasteiger partial charge in [0.2, 0.25) is 0 Å². The zero-order valence-electron chi connectivity index (χ0n) is 7.16. The summed E-state index contributed by atoms with van der Waals surface area (Å²) in [6.45, 7) is 0. The summed E-state index contributed by atoms with van der Waals surface area (Å²) >= 11 is 3.79. The fraction of sp³-hybridized carbons (Fsp3) is 0.250. The Kier molecular flexibility index (Phi) is 4.15. The number of rotatable bonds is 4. The first-order valence-electron chi connectivity index (χ1n) is 3.73. The molecule has 0 N–H and O–H groups in total. The molecule has 84 valence electrons. The molecule has 0 unspecified atom stereocenters. The van der Waals surface area contributed by atoms with Gasteiger partial charge in [-0.05, 0) is 12.1 Å². The SMILES string of the molecule is FC(F)C(F)(F)Oc1ccccc1SS. The molecule has 1 rings (SSSR count). The molecule has 15 heavy (non-hydrogen) atoms. The highest BCUT2D eigenvalue weighted by atomic mass is 33.1. The molecule has 0 aliphatic heterocycles. The zero-order chi connectivity index (χ0) is 11.5. The van der Waals surface area contributed by atoms with E-state index in [2.05, 4.69) is 16.4 Å². The minimum Gasteiger partial charge on any atom is -0.427 e. The van der Waals surface area contributed by atoms with Crippen molar-refractivity contribution in [3.8, 4) is 5.75 Å². The van der Waals surface area contributed by atoms with Crippen molar-refractivity contribution in [1.82, 2.24) is 0 Å². The Bertz CT molecular complexity index is 332. The third-order valence-electron chi connectivity index (χ3n) is 1.45. The zero-order valence-corrected chi connectivity index (χ0v) is 8.87. The van der Waals surface area contributed by atoms with E-state index in [1.165, 1.54) is 18.2 Å². The van der Waals surface area contributed by atoms with Crippen LogP contribution in [0.5, 0.6) is 5.75 Å². The van der Waals surface area contributed by atoms with E-state index < -0.39 is 12.5 Å². The number of hydrogen-bond acceptors (Lipinski definition) is 3. The Hall–Kier alpha value is -0.560. The van der Waals surface area contributed by atoms with E-state index >= 15 is 0 Å². The number of para-hydroxylation sites is 1. The maximum atomic E-state index is 12.5. The Morgan fingerprint density at radius 3 is 2.40 bits per heavy atom. The highest BCUT2D eigenvalue weighted by Crippen LogP contribution is 2.35. The standard InChI is InChI=1S/C8H6F4OS2/c9-7(10)8(11,12)13-5-3-1-2-4-6(5)15-14/h1-4,7,14H. The molecule has 1 aromatic rings. The summed E-state index contributed by atoms with van der Waals surface area (Å²) in [5.74, 6) is -0.317. The predicted octanol–water partition coefficient (Wildman–Crippen LogP) is 3.86. The first-order valence-corrected chi connectivity index (χ1v) is 5.59. The van der Waals surface area contributed by atoms with Gasteiger partial charge in [-0.1, -0.05) is 22.9 Å². The van der Waals surface area contributed by atoms with Crippen LogP contribution >= 0.6 is 22.5 Å². The molecular weight excluding hydrogens is 252 g/mol. The van der Waals surface area contributed by atoms with E-state index in [0.29, 0.717) is 0 Å². The number of benzene rings is 1. The Balaban J connectivity index is 2.89. The van der Waals surface area contributed by atoms with E-state index in [-0.39, 0.29) is 10.6 Å². The second kappa shape index (κ2) is 4.98. The first kappa shape index (κ1) is 12.5. The van der Waals surface area contributed by atoms with Crippen molar-refractivity contribution < 1.29 is 22.3 Å². The average Bonchev–Trinajstić information content (AvgIpc) is 2.18. The number of thiol groups is 1. The van der Waals surface area contributed by atoms with Crippen LogP contribution in [0.15, 0.2) is 29.2 Å². The molecule has 0 aliphatic carbocycles. The van der Waals surface area contributed by atoms with Crippen LogP contribution in [0.2, 0.25) is 0 Å². The molecule has 0 heterocycles. The van der Waals surface area contributed by atoms with E-state index in [1.54, 1.807) is 6.07 Å². The van der Waals surface area contributed by atoms with Gasteiger partial charge in [0.15, 0.2) is 0 Å². The number of ether oxygens (including phenoxy) is 1. The van der Waals surface area contributed by atoms with E-state index in [4.69, 9.17) is 0 Å².